The van der Waals surface area contributed by atoms with Gasteiger partial charge < -0.3 is 5.11 Å². The van der Waals surface area contributed by atoms with Gasteiger partial charge in [0.25, 0.3) is 0 Å². The molecule has 0 radical (unpaired) electrons. The molecule has 0 aromatic rings. The van der Waals surface area contributed by atoms with Crippen LogP contribution in [0.1, 0.15) is 0 Å². The van der Waals surface area contributed by atoms with Crippen LogP contribution in [0.2, 0.25) is 0 Å². The molecular weight excluding hydrogens is 184 g/mol. The first-order chi connectivity index (χ1) is 5.11. The summed E-state index contributed by atoms with van der Waals surface area (Å²) in [6.07, 6.45) is 0. The SMILES string of the molecule is CNC(S)NC(CS)C(=O)O. The molecule has 0 heterocycles. The normalized spacial score (nSPS) is 15.9. The fourth-order valence-electron chi connectivity index (χ4n) is 0.476. The summed E-state index contributed by atoms with van der Waals surface area (Å²) in [6.45, 7) is 0. The number of hydrogen-bond donors (Lipinski definition) is 5. The van der Waals surface area contributed by atoms with Gasteiger partial charge in [-0.2, -0.15) is 12.6 Å². The van der Waals surface area contributed by atoms with Crippen molar-refractivity contribution < 1.29 is 9.90 Å². The van der Waals surface area contributed by atoms with Gasteiger partial charge in [0.05, 0.1) is 0 Å². The van der Waals surface area contributed by atoms with Crippen LogP contribution < -0.4 is 10.6 Å². The predicted octanol–water partition coefficient (Wildman–Crippen LogP) is -0.608. The highest BCUT2D eigenvalue weighted by atomic mass is 32.1. The topological polar surface area (TPSA) is 61.4 Å². The van der Waals surface area contributed by atoms with E-state index in [0.717, 1.165) is 0 Å². The number of hydrogen-bond acceptors (Lipinski definition) is 5. The molecule has 0 aliphatic heterocycles. The van der Waals surface area contributed by atoms with Gasteiger partial charge in [-0.15, -0.1) is 12.6 Å². The Morgan fingerprint density at radius 2 is 2.27 bits per heavy atom. The van der Waals surface area contributed by atoms with Gasteiger partial charge in [0.15, 0.2) is 0 Å². The van der Waals surface area contributed by atoms with Gasteiger partial charge >= 0.3 is 5.97 Å². The average Bonchev–Trinajstić information content (AvgIpc) is 1.99. The molecule has 0 fully saturated rings. The molecule has 0 amide bonds. The fourth-order valence-corrected chi connectivity index (χ4v) is 0.918. The second-order valence-electron chi connectivity index (χ2n) is 1.93. The molecule has 66 valence electrons. The molecule has 0 rings (SSSR count). The summed E-state index contributed by atoms with van der Waals surface area (Å²) >= 11 is 7.86. The van der Waals surface area contributed by atoms with E-state index in [4.69, 9.17) is 5.11 Å². The van der Waals surface area contributed by atoms with Gasteiger partial charge in [-0.25, -0.2) is 0 Å². The van der Waals surface area contributed by atoms with Gasteiger partial charge in [0.2, 0.25) is 0 Å². The third kappa shape index (κ3) is 4.52. The minimum absolute atomic E-state index is 0.244. The summed E-state index contributed by atoms with van der Waals surface area (Å²) in [4.78, 5) is 10.4. The highest BCUT2D eigenvalue weighted by Gasteiger charge is 2.16. The summed E-state index contributed by atoms with van der Waals surface area (Å²) in [5, 5.41) is 14.0. The van der Waals surface area contributed by atoms with Crippen LogP contribution in [0, 0.1) is 0 Å². The van der Waals surface area contributed by atoms with E-state index in [9.17, 15) is 4.79 Å². The minimum Gasteiger partial charge on any atom is -0.480 e. The van der Waals surface area contributed by atoms with Gasteiger partial charge in [-0.3, -0.25) is 15.4 Å². The lowest BCUT2D eigenvalue weighted by Gasteiger charge is -2.16. The van der Waals surface area contributed by atoms with Crippen LogP contribution in [-0.4, -0.2) is 35.4 Å². The molecular formula is C5H12N2O2S2. The van der Waals surface area contributed by atoms with Crippen molar-refractivity contribution in [2.45, 2.75) is 11.5 Å². The van der Waals surface area contributed by atoms with Crippen molar-refractivity contribution in [1.29, 1.82) is 0 Å². The average molecular weight is 196 g/mol. The number of thiol groups is 2. The second kappa shape index (κ2) is 5.70. The molecule has 0 aliphatic carbocycles. The Labute approximate surface area is 76.6 Å². The number of aliphatic carboxylic acids is 1. The quantitative estimate of drug-likeness (QED) is 0.301. The van der Waals surface area contributed by atoms with E-state index < -0.39 is 12.0 Å². The van der Waals surface area contributed by atoms with Crippen molar-refractivity contribution in [3.8, 4) is 0 Å². The summed E-state index contributed by atoms with van der Waals surface area (Å²) in [5.41, 5.74) is -0.316. The summed E-state index contributed by atoms with van der Waals surface area (Å²) in [6, 6.07) is -0.659. The first-order valence-electron chi connectivity index (χ1n) is 3.07. The monoisotopic (exact) mass is 196 g/mol. The Bertz CT molecular complexity index is 134. The molecule has 2 unspecified atom stereocenters. The molecule has 4 nitrogen and oxygen atoms in total. The van der Waals surface area contributed by atoms with Crippen LogP contribution in [0.4, 0.5) is 0 Å². The maximum Gasteiger partial charge on any atom is 0.321 e. The largest absolute Gasteiger partial charge is 0.480 e. The van der Waals surface area contributed by atoms with E-state index >= 15 is 0 Å². The lowest BCUT2D eigenvalue weighted by atomic mass is 10.3. The van der Waals surface area contributed by atoms with E-state index in [2.05, 4.69) is 35.9 Å². The summed E-state index contributed by atoms with van der Waals surface area (Å²) < 4.78 is 0. The molecule has 0 saturated heterocycles. The van der Waals surface area contributed by atoms with E-state index in [1.54, 1.807) is 7.05 Å². The first-order valence-corrected chi connectivity index (χ1v) is 4.21. The molecule has 3 N–H and O–H groups in total. The summed E-state index contributed by atoms with van der Waals surface area (Å²) in [5.74, 6) is -0.678. The fraction of sp³-hybridized carbons (Fsp3) is 0.800. The molecule has 0 spiro atoms. The van der Waals surface area contributed by atoms with E-state index in [-0.39, 0.29) is 11.3 Å². The Hall–Kier alpha value is 0.0900. The Kier molecular flexibility index (Phi) is 5.75. The minimum atomic E-state index is -0.922. The standard InChI is InChI=1S/C5H12N2O2S2/c1-6-5(11)7-3(2-10)4(8)9/h3,5-7,10-11H,2H2,1H3,(H,8,9). The highest BCUT2D eigenvalue weighted by Crippen LogP contribution is 1.92. The number of carbonyl (C=O) groups is 1. The molecule has 6 heteroatoms. The van der Waals surface area contributed by atoms with Crippen LogP contribution in [-0.2, 0) is 4.79 Å². The maximum absolute atomic E-state index is 10.4. The molecule has 11 heavy (non-hydrogen) atoms. The zero-order valence-corrected chi connectivity index (χ0v) is 7.90. The van der Waals surface area contributed by atoms with Crippen LogP contribution in [0.25, 0.3) is 0 Å². The maximum atomic E-state index is 10.4. The molecule has 0 aromatic carbocycles. The third-order valence-corrected chi connectivity index (χ3v) is 1.89. The van der Waals surface area contributed by atoms with Crippen molar-refractivity contribution in [3.05, 3.63) is 0 Å². The second-order valence-corrected chi connectivity index (χ2v) is 2.81. The number of nitrogens with one attached hydrogen (secondary N) is 2. The van der Waals surface area contributed by atoms with Crippen LogP contribution in [0.5, 0.6) is 0 Å². The first kappa shape index (κ1) is 11.1. The van der Waals surface area contributed by atoms with Gasteiger partial charge in [-0.1, -0.05) is 0 Å². The van der Waals surface area contributed by atoms with E-state index in [1.165, 1.54) is 0 Å². The smallest absolute Gasteiger partial charge is 0.321 e. The Morgan fingerprint density at radius 1 is 1.73 bits per heavy atom. The predicted molar refractivity (Wildman–Crippen MR) is 50.2 cm³/mol. The van der Waals surface area contributed by atoms with E-state index in [0.29, 0.717) is 0 Å². The molecule has 0 bridgehead atoms. The molecule has 0 aromatic heterocycles. The third-order valence-electron chi connectivity index (χ3n) is 1.11. The zero-order valence-electron chi connectivity index (χ0n) is 6.11. The van der Waals surface area contributed by atoms with Crippen molar-refractivity contribution in [3.63, 3.8) is 0 Å². The van der Waals surface area contributed by atoms with Crippen molar-refractivity contribution in [1.82, 2.24) is 10.6 Å². The lowest BCUT2D eigenvalue weighted by molar-refractivity contribution is -0.138. The summed E-state index contributed by atoms with van der Waals surface area (Å²) in [7, 11) is 1.68. The lowest BCUT2D eigenvalue weighted by Crippen LogP contribution is -2.47. The number of rotatable bonds is 5. The zero-order chi connectivity index (χ0) is 8.85. The van der Waals surface area contributed by atoms with Crippen molar-refractivity contribution >= 4 is 31.2 Å². The Morgan fingerprint density at radius 3 is 2.55 bits per heavy atom. The molecule has 0 aliphatic rings. The van der Waals surface area contributed by atoms with E-state index in [1.807, 2.05) is 0 Å². The molecule has 2 atom stereocenters. The number of carboxylic acids is 1. The van der Waals surface area contributed by atoms with Crippen LogP contribution >= 0.6 is 25.3 Å². The van der Waals surface area contributed by atoms with Gasteiger partial charge in [0.1, 0.15) is 11.5 Å². The Balaban J connectivity index is 3.77. The van der Waals surface area contributed by atoms with Gasteiger partial charge in [-0.05, 0) is 7.05 Å². The van der Waals surface area contributed by atoms with Crippen LogP contribution in [0.15, 0.2) is 0 Å². The number of carboxylic acid groups (broad SMARTS) is 1. The highest BCUT2D eigenvalue weighted by molar-refractivity contribution is 7.81. The molecule has 0 saturated carbocycles. The van der Waals surface area contributed by atoms with Crippen molar-refractivity contribution in [2.75, 3.05) is 12.8 Å². The van der Waals surface area contributed by atoms with Crippen LogP contribution in [0.3, 0.4) is 0 Å². The van der Waals surface area contributed by atoms with Gasteiger partial charge in [0, 0.05) is 5.75 Å². The van der Waals surface area contributed by atoms with Crippen molar-refractivity contribution in [2.24, 2.45) is 0 Å².